The number of halogens is 1. The van der Waals surface area contributed by atoms with Crippen molar-refractivity contribution in [3.8, 4) is 0 Å². The van der Waals surface area contributed by atoms with Gasteiger partial charge in [0.25, 0.3) is 0 Å². The summed E-state index contributed by atoms with van der Waals surface area (Å²) in [5, 5.41) is 6.22. The van der Waals surface area contributed by atoms with Gasteiger partial charge in [0.15, 0.2) is 0 Å². The molecule has 1 heterocycles. The van der Waals surface area contributed by atoms with Crippen molar-refractivity contribution < 1.29 is 13.9 Å². The Bertz CT molecular complexity index is 867. The second-order valence-corrected chi connectivity index (χ2v) is 6.68. The van der Waals surface area contributed by atoms with E-state index >= 15 is 0 Å². The third-order valence-corrected chi connectivity index (χ3v) is 4.69. The molecular formula is C21H24FN3O2. The van der Waals surface area contributed by atoms with Crippen molar-refractivity contribution in [2.24, 2.45) is 4.99 Å². The van der Waals surface area contributed by atoms with Crippen LogP contribution in [0, 0.1) is 12.7 Å². The van der Waals surface area contributed by atoms with Gasteiger partial charge in [-0.1, -0.05) is 6.92 Å². The highest BCUT2D eigenvalue weighted by Crippen LogP contribution is 2.32. The standard InChI is InChI=1S/C21H24FN3O2/c1-4-15(12-27-3)24-19-8-6-16(9-13(19)2)23-11-18-17-10-14(22)5-7-20(17)25-21(18)26/h5-11,15,18,24H,4,12H2,1-3H3,(H,25,26). The van der Waals surface area contributed by atoms with Crippen LogP contribution in [0.1, 0.15) is 30.4 Å². The maximum absolute atomic E-state index is 13.5. The van der Waals surface area contributed by atoms with Crippen molar-refractivity contribution in [3.05, 3.63) is 53.3 Å². The molecule has 2 aromatic carbocycles. The number of amides is 1. The number of hydrogen-bond donors (Lipinski definition) is 2. The fourth-order valence-corrected chi connectivity index (χ4v) is 3.14. The number of nitrogens with one attached hydrogen (secondary N) is 2. The van der Waals surface area contributed by atoms with E-state index in [4.69, 9.17) is 4.74 Å². The molecule has 3 rings (SSSR count). The number of anilines is 2. The largest absolute Gasteiger partial charge is 0.383 e. The van der Waals surface area contributed by atoms with Crippen LogP contribution in [0.5, 0.6) is 0 Å². The summed E-state index contributed by atoms with van der Waals surface area (Å²) in [5.74, 6) is -1.14. The highest BCUT2D eigenvalue weighted by molar-refractivity contribution is 6.12. The number of aliphatic imine (C=N–C) groups is 1. The van der Waals surface area contributed by atoms with E-state index in [0.717, 1.165) is 23.4 Å². The number of ether oxygens (including phenoxy) is 1. The van der Waals surface area contributed by atoms with Crippen LogP contribution >= 0.6 is 0 Å². The quantitative estimate of drug-likeness (QED) is 0.711. The van der Waals surface area contributed by atoms with E-state index in [9.17, 15) is 9.18 Å². The van der Waals surface area contributed by atoms with E-state index in [1.165, 1.54) is 12.1 Å². The van der Waals surface area contributed by atoms with Crippen molar-refractivity contribution in [3.63, 3.8) is 0 Å². The van der Waals surface area contributed by atoms with Crippen LogP contribution in [0.4, 0.5) is 21.5 Å². The first-order valence-corrected chi connectivity index (χ1v) is 9.02. The summed E-state index contributed by atoms with van der Waals surface area (Å²) in [6, 6.07) is 10.4. The Labute approximate surface area is 158 Å². The van der Waals surface area contributed by atoms with Gasteiger partial charge >= 0.3 is 0 Å². The molecular weight excluding hydrogens is 345 g/mol. The zero-order chi connectivity index (χ0) is 19.4. The Kier molecular flexibility index (Phi) is 5.86. The lowest BCUT2D eigenvalue weighted by molar-refractivity contribution is -0.115. The number of methoxy groups -OCH3 is 1. The summed E-state index contributed by atoms with van der Waals surface area (Å²) in [5.41, 5.74) is 4.09. The number of benzene rings is 2. The van der Waals surface area contributed by atoms with Crippen LogP contribution in [0.25, 0.3) is 0 Å². The first-order valence-electron chi connectivity index (χ1n) is 9.02. The zero-order valence-electron chi connectivity index (χ0n) is 15.8. The van der Waals surface area contributed by atoms with Crippen LogP contribution in [-0.2, 0) is 9.53 Å². The van der Waals surface area contributed by atoms with Gasteiger partial charge in [0.2, 0.25) is 5.91 Å². The molecule has 2 N–H and O–H groups in total. The molecule has 2 unspecified atom stereocenters. The molecule has 142 valence electrons. The number of rotatable bonds is 7. The molecule has 5 nitrogen and oxygen atoms in total. The minimum Gasteiger partial charge on any atom is -0.383 e. The fourth-order valence-electron chi connectivity index (χ4n) is 3.14. The van der Waals surface area contributed by atoms with Crippen molar-refractivity contribution in [1.82, 2.24) is 0 Å². The first-order chi connectivity index (χ1) is 13.0. The smallest absolute Gasteiger partial charge is 0.237 e. The second-order valence-electron chi connectivity index (χ2n) is 6.68. The molecule has 2 aromatic rings. The maximum atomic E-state index is 13.5. The first kappa shape index (κ1) is 19.0. The van der Waals surface area contributed by atoms with Gasteiger partial charge in [-0.25, -0.2) is 4.39 Å². The summed E-state index contributed by atoms with van der Waals surface area (Å²) in [6.45, 7) is 4.76. The van der Waals surface area contributed by atoms with Gasteiger partial charge in [0.05, 0.1) is 12.3 Å². The molecule has 0 bridgehead atoms. The van der Waals surface area contributed by atoms with Gasteiger partial charge in [0, 0.05) is 30.7 Å². The highest BCUT2D eigenvalue weighted by Gasteiger charge is 2.29. The van der Waals surface area contributed by atoms with E-state index in [1.807, 2.05) is 25.1 Å². The SMILES string of the molecule is CCC(COC)Nc1ccc(N=CC2C(=O)Nc3ccc(F)cc32)cc1C. The molecule has 1 aliphatic rings. The van der Waals surface area contributed by atoms with E-state index in [1.54, 1.807) is 19.4 Å². The lowest BCUT2D eigenvalue weighted by Crippen LogP contribution is -2.24. The van der Waals surface area contributed by atoms with E-state index in [0.29, 0.717) is 17.9 Å². The molecule has 0 saturated heterocycles. The van der Waals surface area contributed by atoms with Crippen LogP contribution < -0.4 is 10.6 Å². The van der Waals surface area contributed by atoms with Gasteiger partial charge in [0.1, 0.15) is 11.7 Å². The lowest BCUT2D eigenvalue weighted by atomic mass is 10.0. The monoisotopic (exact) mass is 369 g/mol. The molecule has 1 amide bonds. The Morgan fingerprint density at radius 1 is 1.33 bits per heavy atom. The summed E-state index contributed by atoms with van der Waals surface area (Å²) in [4.78, 5) is 16.6. The van der Waals surface area contributed by atoms with Crippen molar-refractivity contribution in [2.75, 3.05) is 24.4 Å². The van der Waals surface area contributed by atoms with Crippen LogP contribution in [-0.4, -0.2) is 31.9 Å². The number of carbonyl (C=O) groups excluding carboxylic acids is 1. The Morgan fingerprint density at radius 2 is 2.15 bits per heavy atom. The van der Waals surface area contributed by atoms with Crippen LogP contribution in [0.3, 0.4) is 0 Å². The topological polar surface area (TPSA) is 62.7 Å². The van der Waals surface area contributed by atoms with Crippen molar-refractivity contribution >= 4 is 29.2 Å². The average molecular weight is 369 g/mol. The number of aryl methyl sites for hydroxylation is 1. The molecule has 2 atom stereocenters. The average Bonchev–Trinajstić information content (AvgIpc) is 2.95. The van der Waals surface area contributed by atoms with E-state index in [-0.39, 0.29) is 17.8 Å². The molecule has 0 radical (unpaired) electrons. The summed E-state index contributed by atoms with van der Waals surface area (Å²) in [6.07, 6.45) is 2.53. The number of hydrogen-bond acceptors (Lipinski definition) is 4. The van der Waals surface area contributed by atoms with Gasteiger partial charge in [-0.2, -0.15) is 0 Å². The van der Waals surface area contributed by atoms with Crippen molar-refractivity contribution in [1.29, 1.82) is 0 Å². The van der Waals surface area contributed by atoms with Gasteiger partial charge in [-0.3, -0.25) is 9.79 Å². The normalized spacial score (nSPS) is 17.0. The minimum absolute atomic E-state index is 0.195. The third-order valence-electron chi connectivity index (χ3n) is 4.69. The molecule has 27 heavy (non-hydrogen) atoms. The molecule has 0 aliphatic carbocycles. The van der Waals surface area contributed by atoms with E-state index < -0.39 is 5.92 Å². The second kappa shape index (κ2) is 8.31. The summed E-state index contributed by atoms with van der Waals surface area (Å²) >= 11 is 0. The molecule has 1 aliphatic heterocycles. The fraction of sp³-hybridized carbons (Fsp3) is 0.333. The minimum atomic E-state index is -0.583. The van der Waals surface area contributed by atoms with Gasteiger partial charge < -0.3 is 15.4 Å². The molecule has 0 saturated carbocycles. The maximum Gasteiger partial charge on any atom is 0.237 e. The Hall–Kier alpha value is -2.73. The highest BCUT2D eigenvalue weighted by atomic mass is 19.1. The Morgan fingerprint density at radius 3 is 2.85 bits per heavy atom. The summed E-state index contributed by atoms with van der Waals surface area (Å²) < 4.78 is 18.7. The number of nitrogens with zero attached hydrogens (tertiary/aromatic N) is 1. The lowest BCUT2D eigenvalue weighted by Gasteiger charge is -2.19. The molecule has 0 fully saturated rings. The Balaban J connectivity index is 1.76. The third kappa shape index (κ3) is 4.34. The predicted molar refractivity (Wildman–Crippen MR) is 107 cm³/mol. The zero-order valence-corrected chi connectivity index (χ0v) is 15.8. The predicted octanol–water partition coefficient (Wildman–Crippen LogP) is 4.41. The van der Waals surface area contributed by atoms with Gasteiger partial charge in [-0.15, -0.1) is 0 Å². The van der Waals surface area contributed by atoms with Crippen molar-refractivity contribution in [2.45, 2.75) is 32.2 Å². The van der Waals surface area contributed by atoms with Crippen LogP contribution in [0.15, 0.2) is 41.4 Å². The number of fused-ring (bicyclic) bond motifs is 1. The molecule has 0 aromatic heterocycles. The summed E-state index contributed by atoms with van der Waals surface area (Å²) in [7, 11) is 1.69. The number of carbonyl (C=O) groups is 1. The van der Waals surface area contributed by atoms with Gasteiger partial charge in [-0.05, 0) is 60.9 Å². The molecule has 0 spiro atoms. The molecule has 6 heteroatoms. The van der Waals surface area contributed by atoms with Crippen LogP contribution in [0.2, 0.25) is 0 Å². The van der Waals surface area contributed by atoms with E-state index in [2.05, 4.69) is 22.5 Å².